The third-order valence-electron chi connectivity index (χ3n) is 12.4. The highest BCUT2D eigenvalue weighted by atomic mass is 19.1. The molecule has 3 aromatic carbocycles. The molecule has 0 N–H and O–H groups in total. The Kier molecular flexibility index (Phi) is 33.9. The van der Waals surface area contributed by atoms with Gasteiger partial charge in [-0.15, -0.1) is 0 Å². The van der Waals surface area contributed by atoms with Crippen molar-refractivity contribution in [1.29, 1.82) is 0 Å². The Balaban J connectivity index is 1.15. The summed E-state index contributed by atoms with van der Waals surface area (Å²) in [4.78, 5) is 47.6. The molecule has 0 amide bonds. The fourth-order valence-electron chi connectivity index (χ4n) is 8.17. The Morgan fingerprint density at radius 3 is 0.958 bits per heavy atom. The van der Waals surface area contributed by atoms with Crippen molar-refractivity contribution in [3.63, 3.8) is 0 Å². The molecule has 0 radical (unpaired) electrons. The number of esters is 4. The average Bonchev–Trinajstić information content (AvgIpc) is 3.38. The Morgan fingerprint density at radius 2 is 0.648 bits per heavy atom. The lowest BCUT2D eigenvalue weighted by atomic mass is 10.0. The van der Waals surface area contributed by atoms with Crippen molar-refractivity contribution in [2.45, 2.75) is 193 Å². The van der Waals surface area contributed by atoms with Crippen LogP contribution in [-0.4, -0.2) is 50.3 Å². The maximum atomic E-state index is 15.0. The second kappa shape index (κ2) is 40.2. The first kappa shape index (κ1) is 59.9. The lowest BCUT2D eigenvalue weighted by Crippen LogP contribution is -2.11. The van der Waals surface area contributed by atoms with Crippen LogP contribution in [0, 0.1) is 5.82 Å². The van der Waals surface area contributed by atoms with Gasteiger partial charge >= 0.3 is 23.9 Å². The predicted octanol–water partition coefficient (Wildman–Crippen LogP) is 16.2. The van der Waals surface area contributed by atoms with Crippen LogP contribution in [-0.2, 0) is 19.1 Å². The zero-order valence-electron chi connectivity index (χ0n) is 42.9. The number of unbranched alkanes of at least 4 members (excludes halogenated alkanes) is 28. The molecule has 11 heteroatoms. The molecule has 0 unspecified atom stereocenters. The van der Waals surface area contributed by atoms with Gasteiger partial charge in [0, 0.05) is 18.2 Å². The molecular formula is C60H85FO10. The molecule has 3 aromatic rings. The Labute approximate surface area is 425 Å². The minimum Gasteiger partial charge on any atom is -0.494 e. The van der Waals surface area contributed by atoms with Crippen LogP contribution in [0.1, 0.15) is 213 Å². The van der Waals surface area contributed by atoms with Gasteiger partial charge in [-0.25, -0.2) is 23.6 Å². The second-order valence-electron chi connectivity index (χ2n) is 18.5. The van der Waals surface area contributed by atoms with Crippen LogP contribution in [0.4, 0.5) is 4.39 Å². The standard InChI is InChI=1S/C60H85FO10/c1-3-57(62)68-47-33-29-25-21-17-13-9-5-7-11-15-19-23-27-31-45-66-52-39-35-50(36-40-52)59(64)70-54-43-44-56(55(61)49-54)71-60(65)51-37-41-53(42-38-51)67-46-32-28-24-20-16-12-8-6-10-14-18-22-26-30-34-48-69-58(63)4-2/h3-4,35-44,49H,1-2,5-34,45-48H2. The highest BCUT2D eigenvalue weighted by Crippen LogP contribution is 2.26. The van der Waals surface area contributed by atoms with E-state index < -0.39 is 17.8 Å². The van der Waals surface area contributed by atoms with E-state index in [-0.39, 0.29) is 29.0 Å². The molecule has 0 aliphatic heterocycles. The fourth-order valence-corrected chi connectivity index (χ4v) is 8.17. The van der Waals surface area contributed by atoms with E-state index in [4.69, 9.17) is 28.4 Å². The third kappa shape index (κ3) is 30.1. The molecule has 0 aliphatic rings. The van der Waals surface area contributed by atoms with Gasteiger partial charge in [0.25, 0.3) is 0 Å². The summed E-state index contributed by atoms with van der Waals surface area (Å²) in [6.07, 6.45) is 38.6. The summed E-state index contributed by atoms with van der Waals surface area (Å²) in [7, 11) is 0. The number of hydrogen-bond donors (Lipinski definition) is 0. The summed E-state index contributed by atoms with van der Waals surface area (Å²) >= 11 is 0. The molecule has 392 valence electrons. The Morgan fingerprint density at radius 1 is 0.366 bits per heavy atom. The number of carbonyl (C=O) groups is 4. The molecule has 0 heterocycles. The smallest absolute Gasteiger partial charge is 0.343 e. The topological polar surface area (TPSA) is 124 Å². The number of ether oxygens (including phenoxy) is 6. The van der Waals surface area contributed by atoms with Gasteiger partial charge in [-0.1, -0.05) is 180 Å². The SMILES string of the molecule is C=CC(=O)OCCCCCCCCCCCCCCCCCOc1ccc(C(=O)Oc2ccc(OC(=O)c3ccc(OCCCCCCCCCCCCCCCCCOC(=O)C=C)cc3)c(F)c2)cc1. The minimum atomic E-state index is -0.834. The van der Waals surface area contributed by atoms with E-state index in [1.807, 2.05) is 0 Å². The first-order chi connectivity index (χ1) is 34.8. The highest BCUT2D eigenvalue weighted by molar-refractivity contribution is 5.92. The Hall–Kier alpha value is -5.45. The van der Waals surface area contributed by atoms with Crippen molar-refractivity contribution >= 4 is 23.9 Å². The van der Waals surface area contributed by atoms with Crippen molar-refractivity contribution in [2.24, 2.45) is 0 Å². The van der Waals surface area contributed by atoms with E-state index in [1.54, 1.807) is 48.5 Å². The Bertz CT molecular complexity index is 1910. The van der Waals surface area contributed by atoms with Crippen LogP contribution < -0.4 is 18.9 Å². The summed E-state index contributed by atoms with van der Waals surface area (Å²) < 4.78 is 47.4. The van der Waals surface area contributed by atoms with Crippen LogP contribution in [0.25, 0.3) is 0 Å². The van der Waals surface area contributed by atoms with Crippen LogP contribution in [0.5, 0.6) is 23.0 Å². The van der Waals surface area contributed by atoms with Gasteiger partial charge in [0.15, 0.2) is 11.6 Å². The normalized spacial score (nSPS) is 10.9. The summed E-state index contributed by atoms with van der Waals surface area (Å²) in [6.45, 7) is 9.00. The lowest BCUT2D eigenvalue weighted by molar-refractivity contribution is -0.138. The molecule has 0 spiro atoms. The van der Waals surface area contributed by atoms with Gasteiger partial charge in [-0.3, -0.25) is 0 Å². The summed E-state index contributed by atoms with van der Waals surface area (Å²) in [5, 5.41) is 0. The van der Waals surface area contributed by atoms with Crippen LogP contribution in [0.3, 0.4) is 0 Å². The molecule has 0 saturated heterocycles. The molecule has 0 saturated carbocycles. The molecule has 0 bridgehead atoms. The van der Waals surface area contributed by atoms with Crippen molar-refractivity contribution in [3.05, 3.63) is 109 Å². The van der Waals surface area contributed by atoms with E-state index in [2.05, 4.69) is 13.2 Å². The number of carbonyl (C=O) groups excluding carboxylic acids is 4. The number of rotatable bonds is 44. The van der Waals surface area contributed by atoms with Crippen molar-refractivity contribution in [2.75, 3.05) is 26.4 Å². The van der Waals surface area contributed by atoms with Gasteiger partial charge in [0.1, 0.15) is 17.2 Å². The first-order valence-electron chi connectivity index (χ1n) is 27.1. The molecule has 71 heavy (non-hydrogen) atoms. The van der Waals surface area contributed by atoms with Crippen LogP contribution in [0.15, 0.2) is 92.0 Å². The van der Waals surface area contributed by atoms with Crippen LogP contribution >= 0.6 is 0 Å². The maximum absolute atomic E-state index is 15.0. The molecule has 10 nitrogen and oxygen atoms in total. The van der Waals surface area contributed by atoms with Gasteiger partial charge in [0.05, 0.1) is 37.6 Å². The number of hydrogen-bond acceptors (Lipinski definition) is 10. The fraction of sp³-hybridized carbons (Fsp3) is 0.567. The summed E-state index contributed by atoms with van der Waals surface area (Å²) in [5.41, 5.74) is 0.550. The molecule has 3 rings (SSSR count). The zero-order chi connectivity index (χ0) is 50.8. The van der Waals surface area contributed by atoms with E-state index in [1.165, 1.54) is 166 Å². The second-order valence-corrected chi connectivity index (χ2v) is 18.5. The third-order valence-corrected chi connectivity index (χ3v) is 12.4. The molecule has 0 atom stereocenters. The van der Waals surface area contributed by atoms with Crippen molar-refractivity contribution in [3.8, 4) is 23.0 Å². The number of benzene rings is 3. The van der Waals surface area contributed by atoms with Crippen molar-refractivity contribution < 1.29 is 52.0 Å². The predicted molar refractivity (Wildman–Crippen MR) is 281 cm³/mol. The van der Waals surface area contributed by atoms with Crippen molar-refractivity contribution in [1.82, 2.24) is 0 Å². The molecule has 0 aliphatic carbocycles. The minimum absolute atomic E-state index is 0.0136. The monoisotopic (exact) mass is 985 g/mol. The molecule has 0 aromatic heterocycles. The van der Waals surface area contributed by atoms with E-state index in [0.29, 0.717) is 43.5 Å². The van der Waals surface area contributed by atoms with Crippen LogP contribution in [0.2, 0.25) is 0 Å². The maximum Gasteiger partial charge on any atom is 0.343 e. The van der Waals surface area contributed by atoms with Gasteiger partial charge in [0.2, 0.25) is 0 Å². The quantitative estimate of drug-likeness (QED) is 0.0234. The first-order valence-corrected chi connectivity index (χ1v) is 27.1. The van der Waals surface area contributed by atoms with Gasteiger partial charge in [-0.05, 0) is 86.3 Å². The average molecular weight is 985 g/mol. The number of halogens is 1. The largest absolute Gasteiger partial charge is 0.494 e. The van der Waals surface area contributed by atoms with Gasteiger partial charge < -0.3 is 28.4 Å². The lowest BCUT2D eigenvalue weighted by Gasteiger charge is -2.10. The molecular weight excluding hydrogens is 900 g/mol. The van der Waals surface area contributed by atoms with E-state index >= 15 is 0 Å². The van der Waals surface area contributed by atoms with E-state index in [0.717, 1.165) is 57.4 Å². The van der Waals surface area contributed by atoms with Gasteiger partial charge in [-0.2, -0.15) is 0 Å². The summed E-state index contributed by atoms with van der Waals surface area (Å²) in [5.74, 6) is -1.83. The van der Waals surface area contributed by atoms with E-state index in [9.17, 15) is 23.6 Å². The zero-order valence-corrected chi connectivity index (χ0v) is 42.9. The summed E-state index contributed by atoms with van der Waals surface area (Å²) in [6, 6.07) is 16.9. The highest BCUT2D eigenvalue weighted by Gasteiger charge is 2.16. The molecule has 0 fully saturated rings.